The monoisotopic (exact) mass is 526 g/mol. The number of thiophene rings is 1. The van der Waals surface area contributed by atoms with Gasteiger partial charge in [0.15, 0.2) is 0 Å². The van der Waals surface area contributed by atoms with Gasteiger partial charge in [0.25, 0.3) is 5.56 Å². The number of fused-ring (bicyclic) bond motifs is 3. The summed E-state index contributed by atoms with van der Waals surface area (Å²) < 4.78 is 1.88. The first-order chi connectivity index (χ1) is 18.6. The standard InChI is InChI=1S/C31H34N4O2S/c1-2-25(23-11-7-4-8-12-23)30(36)34-18-15-26-27(20-34)38-29-28(26)31(37)35(21-32-29)24-13-16-33(17-14-24)19-22-9-5-3-6-10-22/h3-12,21,24-25H,2,13-20H2,1H3. The van der Waals surface area contributed by atoms with E-state index in [0.717, 1.165) is 65.1 Å². The summed E-state index contributed by atoms with van der Waals surface area (Å²) in [7, 11) is 0. The minimum absolute atomic E-state index is 0.0875. The molecular weight excluding hydrogens is 492 g/mol. The number of piperidine rings is 1. The van der Waals surface area contributed by atoms with E-state index in [0.29, 0.717) is 19.5 Å². The van der Waals surface area contributed by atoms with E-state index in [1.807, 2.05) is 39.8 Å². The van der Waals surface area contributed by atoms with Crippen LogP contribution in [0.2, 0.25) is 0 Å². The van der Waals surface area contributed by atoms with Crippen LogP contribution >= 0.6 is 11.3 Å². The number of hydrogen-bond acceptors (Lipinski definition) is 5. The van der Waals surface area contributed by atoms with Crippen LogP contribution in [0.5, 0.6) is 0 Å². The maximum Gasteiger partial charge on any atom is 0.262 e. The van der Waals surface area contributed by atoms with Crippen LogP contribution in [0.15, 0.2) is 71.8 Å². The van der Waals surface area contributed by atoms with Crippen LogP contribution in [0.25, 0.3) is 10.2 Å². The summed E-state index contributed by atoms with van der Waals surface area (Å²) in [5.74, 6) is 0.0460. The third kappa shape index (κ3) is 4.81. The maximum absolute atomic E-state index is 13.7. The van der Waals surface area contributed by atoms with Crippen molar-refractivity contribution in [3.8, 4) is 0 Å². The van der Waals surface area contributed by atoms with Crippen LogP contribution in [-0.4, -0.2) is 44.9 Å². The van der Waals surface area contributed by atoms with E-state index in [9.17, 15) is 9.59 Å². The Kier molecular flexibility index (Phi) is 7.13. The first-order valence-corrected chi connectivity index (χ1v) is 14.6. The van der Waals surface area contributed by atoms with Gasteiger partial charge in [0.05, 0.1) is 24.2 Å². The zero-order valence-electron chi connectivity index (χ0n) is 21.9. The molecule has 0 saturated carbocycles. The SMILES string of the molecule is CCC(C(=O)N1CCc2c(sc3ncn(C4CCN(Cc5ccccc5)CC4)c(=O)c23)C1)c1ccccc1. The van der Waals surface area contributed by atoms with E-state index >= 15 is 0 Å². The molecule has 4 heterocycles. The second-order valence-corrected chi connectivity index (χ2v) is 11.6. The number of carbonyl (C=O) groups is 1. The molecule has 2 aromatic heterocycles. The molecule has 0 N–H and O–H groups in total. The van der Waals surface area contributed by atoms with E-state index in [1.165, 1.54) is 5.56 Å². The van der Waals surface area contributed by atoms with Crippen molar-refractivity contribution in [2.75, 3.05) is 19.6 Å². The fourth-order valence-corrected chi connectivity index (χ4v) is 7.29. The molecule has 0 bridgehead atoms. The second kappa shape index (κ2) is 10.8. The first-order valence-electron chi connectivity index (χ1n) is 13.7. The van der Waals surface area contributed by atoms with Crippen molar-refractivity contribution in [3.63, 3.8) is 0 Å². The fraction of sp³-hybridized carbons (Fsp3) is 0.387. The number of nitrogens with zero attached hydrogens (tertiary/aromatic N) is 4. The average Bonchev–Trinajstić information content (AvgIpc) is 3.34. The van der Waals surface area contributed by atoms with E-state index in [1.54, 1.807) is 17.7 Å². The molecular formula is C31H34N4O2S. The lowest BCUT2D eigenvalue weighted by Crippen LogP contribution is -2.39. The van der Waals surface area contributed by atoms with Crippen molar-refractivity contribution < 1.29 is 4.79 Å². The third-order valence-electron chi connectivity index (χ3n) is 8.21. The minimum Gasteiger partial charge on any atom is -0.337 e. The Labute approximate surface area is 227 Å². The quantitative estimate of drug-likeness (QED) is 0.339. The van der Waals surface area contributed by atoms with E-state index in [-0.39, 0.29) is 23.4 Å². The molecule has 6 nitrogen and oxygen atoms in total. The molecule has 1 unspecified atom stereocenters. The van der Waals surface area contributed by atoms with Gasteiger partial charge in [-0.05, 0) is 42.4 Å². The van der Waals surface area contributed by atoms with Crippen molar-refractivity contribution in [1.82, 2.24) is 19.4 Å². The Balaban J connectivity index is 1.18. The van der Waals surface area contributed by atoms with Gasteiger partial charge in [0.1, 0.15) is 4.83 Å². The topological polar surface area (TPSA) is 58.4 Å². The zero-order chi connectivity index (χ0) is 26.1. The summed E-state index contributed by atoms with van der Waals surface area (Å²) >= 11 is 1.58. The number of amides is 1. The molecule has 0 aliphatic carbocycles. The molecule has 1 amide bonds. The van der Waals surface area contributed by atoms with E-state index < -0.39 is 0 Å². The van der Waals surface area contributed by atoms with Crippen molar-refractivity contribution in [2.45, 2.75) is 57.7 Å². The number of benzene rings is 2. The Hall–Kier alpha value is -3.29. The Morgan fingerprint density at radius 1 is 1.03 bits per heavy atom. The van der Waals surface area contributed by atoms with Crippen LogP contribution in [0.3, 0.4) is 0 Å². The highest BCUT2D eigenvalue weighted by atomic mass is 32.1. The summed E-state index contributed by atoms with van der Waals surface area (Å²) in [6, 6.07) is 20.8. The smallest absolute Gasteiger partial charge is 0.262 e. The number of hydrogen-bond donors (Lipinski definition) is 0. The molecule has 4 aromatic rings. The van der Waals surface area contributed by atoms with Gasteiger partial charge in [0.2, 0.25) is 5.91 Å². The molecule has 1 saturated heterocycles. The van der Waals surface area contributed by atoms with Crippen LogP contribution in [-0.2, 0) is 24.3 Å². The van der Waals surface area contributed by atoms with Crippen LogP contribution < -0.4 is 5.56 Å². The molecule has 1 atom stereocenters. The lowest BCUT2D eigenvalue weighted by Gasteiger charge is -2.32. The molecule has 1 fully saturated rings. The molecule has 0 spiro atoms. The molecule has 38 heavy (non-hydrogen) atoms. The molecule has 7 heteroatoms. The Bertz CT molecular complexity index is 1470. The maximum atomic E-state index is 13.7. The average molecular weight is 527 g/mol. The highest BCUT2D eigenvalue weighted by Gasteiger charge is 2.31. The summed E-state index contributed by atoms with van der Waals surface area (Å²) in [6.07, 6.45) is 5.15. The van der Waals surface area contributed by atoms with Crippen LogP contribution in [0.4, 0.5) is 0 Å². The zero-order valence-corrected chi connectivity index (χ0v) is 22.7. The lowest BCUT2D eigenvalue weighted by molar-refractivity contribution is -0.133. The molecule has 6 rings (SSSR count). The van der Waals surface area contributed by atoms with Crippen molar-refractivity contribution >= 4 is 27.5 Å². The van der Waals surface area contributed by atoms with Gasteiger partial charge in [-0.1, -0.05) is 67.6 Å². The van der Waals surface area contributed by atoms with Crippen molar-refractivity contribution in [3.05, 3.63) is 98.9 Å². The second-order valence-electron chi connectivity index (χ2n) is 10.5. The van der Waals surface area contributed by atoms with Gasteiger partial charge in [0, 0.05) is 37.1 Å². The Morgan fingerprint density at radius 3 is 2.45 bits per heavy atom. The molecule has 0 radical (unpaired) electrons. The molecule has 2 aromatic carbocycles. The van der Waals surface area contributed by atoms with E-state index in [4.69, 9.17) is 4.98 Å². The van der Waals surface area contributed by atoms with Gasteiger partial charge in [-0.15, -0.1) is 11.3 Å². The van der Waals surface area contributed by atoms with Gasteiger partial charge in [-0.2, -0.15) is 0 Å². The Morgan fingerprint density at radius 2 is 1.74 bits per heavy atom. The number of likely N-dealkylation sites (tertiary alicyclic amines) is 1. The number of rotatable bonds is 6. The predicted molar refractivity (Wildman–Crippen MR) is 152 cm³/mol. The largest absolute Gasteiger partial charge is 0.337 e. The normalized spacial score (nSPS) is 17.4. The molecule has 2 aliphatic heterocycles. The van der Waals surface area contributed by atoms with Crippen molar-refractivity contribution in [1.29, 1.82) is 0 Å². The lowest BCUT2D eigenvalue weighted by atomic mass is 9.94. The van der Waals surface area contributed by atoms with Gasteiger partial charge in [-0.25, -0.2) is 4.98 Å². The van der Waals surface area contributed by atoms with Crippen LogP contribution in [0.1, 0.15) is 59.7 Å². The summed E-state index contributed by atoms with van der Waals surface area (Å²) in [5.41, 5.74) is 3.60. The molecule has 2 aliphatic rings. The van der Waals surface area contributed by atoms with Gasteiger partial charge < -0.3 is 4.90 Å². The third-order valence-corrected chi connectivity index (χ3v) is 9.33. The van der Waals surface area contributed by atoms with Crippen molar-refractivity contribution in [2.24, 2.45) is 0 Å². The predicted octanol–water partition coefficient (Wildman–Crippen LogP) is 5.37. The summed E-state index contributed by atoms with van der Waals surface area (Å²) in [6.45, 7) is 6.19. The van der Waals surface area contributed by atoms with E-state index in [2.05, 4.69) is 42.2 Å². The highest BCUT2D eigenvalue weighted by Crippen LogP contribution is 2.34. The first kappa shape index (κ1) is 25.0. The van der Waals surface area contributed by atoms with Gasteiger partial charge >= 0.3 is 0 Å². The molecule has 196 valence electrons. The number of aromatic nitrogens is 2. The van der Waals surface area contributed by atoms with Gasteiger partial charge in [-0.3, -0.25) is 19.1 Å². The summed E-state index contributed by atoms with van der Waals surface area (Å²) in [4.78, 5) is 38.3. The van der Waals surface area contributed by atoms with Crippen LogP contribution in [0, 0.1) is 0 Å². The summed E-state index contributed by atoms with van der Waals surface area (Å²) in [5, 5.41) is 0.779. The fourth-order valence-electron chi connectivity index (χ4n) is 6.10. The highest BCUT2D eigenvalue weighted by molar-refractivity contribution is 7.18. The minimum atomic E-state index is -0.129. The number of carbonyl (C=O) groups excluding carboxylic acids is 1.